The average Bonchev–Trinajstić information content (AvgIpc) is 2.20. The lowest BCUT2D eigenvalue weighted by atomic mass is 9.98. The first kappa shape index (κ1) is 9.78. The summed E-state index contributed by atoms with van der Waals surface area (Å²) in [5.41, 5.74) is 11.7. The number of benzene rings is 2. The molecule has 0 aromatic heterocycles. The summed E-state index contributed by atoms with van der Waals surface area (Å²) in [5, 5.41) is 0. The van der Waals surface area contributed by atoms with Crippen molar-refractivity contribution in [3.05, 3.63) is 53.6 Å². The lowest BCUT2D eigenvalue weighted by molar-refractivity contribution is 1.43. The first-order valence-electron chi connectivity index (χ1n) is 5.10. The second kappa shape index (κ2) is 3.77. The fourth-order valence-corrected chi connectivity index (χ4v) is 1.80. The van der Waals surface area contributed by atoms with Gasteiger partial charge in [0.25, 0.3) is 0 Å². The van der Waals surface area contributed by atoms with Crippen LogP contribution in [0.5, 0.6) is 0 Å². The van der Waals surface area contributed by atoms with Crippen LogP contribution in [0.1, 0.15) is 11.1 Å². The maximum atomic E-state index is 6.02. The number of nitrogens with two attached hydrogens (primary N) is 1. The van der Waals surface area contributed by atoms with Gasteiger partial charge in [-0.25, -0.2) is 0 Å². The Morgan fingerprint density at radius 3 is 2.27 bits per heavy atom. The number of hydrogen-bond donors (Lipinski definition) is 1. The van der Waals surface area contributed by atoms with Crippen LogP contribution >= 0.6 is 0 Å². The second-order valence-electron chi connectivity index (χ2n) is 3.91. The Balaban J connectivity index is 2.60. The van der Waals surface area contributed by atoms with Crippen molar-refractivity contribution in [2.24, 2.45) is 0 Å². The maximum absolute atomic E-state index is 6.02. The van der Waals surface area contributed by atoms with Crippen LogP contribution in [0.25, 0.3) is 11.1 Å². The van der Waals surface area contributed by atoms with Gasteiger partial charge >= 0.3 is 0 Å². The molecule has 0 saturated carbocycles. The SMILES string of the molecule is Cc1ccc(-c2ccccc2C)c(N)c1. The van der Waals surface area contributed by atoms with Gasteiger partial charge in [-0.1, -0.05) is 36.4 Å². The van der Waals surface area contributed by atoms with Crippen LogP contribution in [-0.2, 0) is 0 Å². The van der Waals surface area contributed by atoms with Crippen molar-refractivity contribution in [2.75, 3.05) is 5.73 Å². The van der Waals surface area contributed by atoms with Crippen molar-refractivity contribution >= 4 is 5.69 Å². The molecule has 76 valence electrons. The highest BCUT2D eigenvalue weighted by atomic mass is 14.6. The van der Waals surface area contributed by atoms with Crippen LogP contribution in [0.15, 0.2) is 42.5 Å². The minimum absolute atomic E-state index is 0.851. The molecule has 0 aliphatic heterocycles. The molecule has 1 nitrogen and oxygen atoms in total. The van der Waals surface area contributed by atoms with Crippen LogP contribution in [-0.4, -0.2) is 0 Å². The highest BCUT2D eigenvalue weighted by Gasteiger charge is 2.04. The van der Waals surface area contributed by atoms with Gasteiger partial charge in [-0.3, -0.25) is 0 Å². The van der Waals surface area contributed by atoms with E-state index in [1.54, 1.807) is 0 Å². The van der Waals surface area contributed by atoms with E-state index in [9.17, 15) is 0 Å². The monoisotopic (exact) mass is 197 g/mol. The Bertz CT molecular complexity index is 486. The summed E-state index contributed by atoms with van der Waals surface area (Å²) in [6.45, 7) is 4.16. The molecular weight excluding hydrogens is 182 g/mol. The number of anilines is 1. The Hall–Kier alpha value is -1.76. The van der Waals surface area contributed by atoms with Gasteiger partial charge in [0.05, 0.1) is 0 Å². The third kappa shape index (κ3) is 1.86. The quantitative estimate of drug-likeness (QED) is 0.695. The normalized spacial score (nSPS) is 10.3. The molecule has 0 radical (unpaired) electrons. The molecule has 2 aromatic carbocycles. The summed E-state index contributed by atoms with van der Waals surface area (Å²) in [4.78, 5) is 0. The van der Waals surface area contributed by atoms with Gasteiger partial charge in [0.1, 0.15) is 0 Å². The summed E-state index contributed by atoms with van der Waals surface area (Å²) < 4.78 is 0. The summed E-state index contributed by atoms with van der Waals surface area (Å²) >= 11 is 0. The molecule has 0 atom stereocenters. The number of hydrogen-bond acceptors (Lipinski definition) is 1. The zero-order chi connectivity index (χ0) is 10.8. The smallest absolute Gasteiger partial charge is 0.0396 e. The minimum Gasteiger partial charge on any atom is -0.398 e. The van der Waals surface area contributed by atoms with Crippen molar-refractivity contribution in [1.82, 2.24) is 0 Å². The zero-order valence-corrected chi connectivity index (χ0v) is 9.12. The van der Waals surface area contributed by atoms with Crippen molar-refractivity contribution in [1.29, 1.82) is 0 Å². The predicted molar refractivity (Wildman–Crippen MR) is 65.8 cm³/mol. The number of nitrogen functional groups attached to an aromatic ring is 1. The molecule has 15 heavy (non-hydrogen) atoms. The molecule has 0 fully saturated rings. The summed E-state index contributed by atoms with van der Waals surface area (Å²) in [6, 6.07) is 14.5. The fraction of sp³-hybridized carbons (Fsp3) is 0.143. The lowest BCUT2D eigenvalue weighted by Crippen LogP contribution is -1.92. The molecule has 2 rings (SSSR count). The van der Waals surface area contributed by atoms with Crippen molar-refractivity contribution in [2.45, 2.75) is 13.8 Å². The fourth-order valence-electron chi connectivity index (χ4n) is 1.80. The molecule has 0 aliphatic rings. The molecule has 0 spiro atoms. The van der Waals surface area contributed by atoms with Gasteiger partial charge in [0.15, 0.2) is 0 Å². The summed E-state index contributed by atoms with van der Waals surface area (Å²) in [5.74, 6) is 0. The van der Waals surface area contributed by atoms with Gasteiger partial charge < -0.3 is 5.73 Å². The molecule has 0 saturated heterocycles. The molecule has 0 heterocycles. The molecule has 1 heteroatoms. The van der Waals surface area contributed by atoms with E-state index in [-0.39, 0.29) is 0 Å². The third-order valence-electron chi connectivity index (χ3n) is 2.64. The highest BCUT2D eigenvalue weighted by Crippen LogP contribution is 2.28. The molecule has 0 bridgehead atoms. The molecular formula is C14H15N. The van der Waals surface area contributed by atoms with E-state index in [0.717, 1.165) is 11.3 Å². The van der Waals surface area contributed by atoms with Crippen LogP contribution in [0, 0.1) is 13.8 Å². The molecule has 0 aliphatic carbocycles. The third-order valence-corrected chi connectivity index (χ3v) is 2.64. The van der Waals surface area contributed by atoms with Crippen LogP contribution < -0.4 is 5.73 Å². The van der Waals surface area contributed by atoms with Crippen molar-refractivity contribution in [3.8, 4) is 11.1 Å². The second-order valence-corrected chi connectivity index (χ2v) is 3.91. The standard InChI is InChI=1S/C14H15N/c1-10-7-8-13(14(15)9-10)12-6-4-3-5-11(12)2/h3-9H,15H2,1-2H3. The zero-order valence-electron chi connectivity index (χ0n) is 9.12. The van der Waals surface area contributed by atoms with Crippen molar-refractivity contribution in [3.63, 3.8) is 0 Å². The van der Waals surface area contributed by atoms with E-state index in [0.29, 0.717) is 0 Å². The lowest BCUT2D eigenvalue weighted by Gasteiger charge is -2.09. The minimum atomic E-state index is 0.851. The first-order valence-corrected chi connectivity index (χ1v) is 5.10. The molecule has 2 N–H and O–H groups in total. The topological polar surface area (TPSA) is 26.0 Å². The van der Waals surface area contributed by atoms with Gasteiger partial charge in [-0.2, -0.15) is 0 Å². The predicted octanol–water partition coefficient (Wildman–Crippen LogP) is 3.55. The van der Waals surface area contributed by atoms with E-state index >= 15 is 0 Å². The van der Waals surface area contributed by atoms with E-state index in [1.165, 1.54) is 16.7 Å². The van der Waals surface area contributed by atoms with Gasteiger partial charge in [0, 0.05) is 11.3 Å². The van der Waals surface area contributed by atoms with E-state index in [4.69, 9.17) is 5.73 Å². The Morgan fingerprint density at radius 1 is 0.867 bits per heavy atom. The number of aryl methyl sites for hydroxylation is 2. The van der Waals surface area contributed by atoms with E-state index < -0.39 is 0 Å². The van der Waals surface area contributed by atoms with Gasteiger partial charge in [-0.05, 0) is 36.6 Å². The largest absolute Gasteiger partial charge is 0.398 e. The van der Waals surface area contributed by atoms with E-state index in [2.05, 4.69) is 38.1 Å². The summed E-state index contributed by atoms with van der Waals surface area (Å²) in [6.07, 6.45) is 0. The summed E-state index contributed by atoms with van der Waals surface area (Å²) in [7, 11) is 0. The highest BCUT2D eigenvalue weighted by molar-refractivity contribution is 5.78. The Labute approximate surface area is 90.6 Å². The Morgan fingerprint density at radius 2 is 1.60 bits per heavy atom. The molecule has 0 unspecified atom stereocenters. The average molecular weight is 197 g/mol. The van der Waals surface area contributed by atoms with E-state index in [1.807, 2.05) is 18.2 Å². The molecule has 0 amide bonds. The van der Waals surface area contributed by atoms with Crippen LogP contribution in [0.4, 0.5) is 5.69 Å². The maximum Gasteiger partial charge on any atom is 0.0396 e. The van der Waals surface area contributed by atoms with Gasteiger partial charge in [0.2, 0.25) is 0 Å². The van der Waals surface area contributed by atoms with Crippen LogP contribution in [0.2, 0.25) is 0 Å². The number of rotatable bonds is 1. The first-order chi connectivity index (χ1) is 7.18. The van der Waals surface area contributed by atoms with Gasteiger partial charge in [-0.15, -0.1) is 0 Å². The van der Waals surface area contributed by atoms with Crippen LogP contribution in [0.3, 0.4) is 0 Å². The van der Waals surface area contributed by atoms with Crippen molar-refractivity contribution < 1.29 is 0 Å². The molecule has 2 aromatic rings. The Kier molecular flexibility index (Phi) is 2.46.